The highest BCUT2D eigenvalue weighted by molar-refractivity contribution is 7.52. The minimum atomic E-state index is -5.88. The Morgan fingerprint density at radius 1 is 0.841 bits per heavy atom. The Balaban J connectivity index is 0.794. The number of imide groups is 1. The van der Waals surface area contributed by atoms with Crippen molar-refractivity contribution >= 4 is 77.1 Å². The van der Waals surface area contributed by atoms with E-state index in [0.29, 0.717) is 41.6 Å². The zero-order valence-corrected chi connectivity index (χ0v) is 45.6. The largest absolute Gasteiger partial charge is 0.399 e. The molecule has 1 fully saturated rings. The number of benzene rings is 4. The van der Waals surface area contributed by atoms with Gasteiger partial charge < -0.3 is 36.0 Å². The molecule has 4 aliphatic rings. The molecule has 0 aliphatic carbocycles. The Morgan fingerprint density at radius 3 is 2.32 bits per heavy atom. The van der Waals surface area contributed by atoms with Crippen molar-refractivity contribution in [1.29, 1.82) is 0 Å². The molecule has 0 saturated carbocycles. The lowest BCUT2D eigenvalue weighted by molar-refractivity contribution is -0.137. The second-order valence-corrected chi connectivity index (χ2v) is 22.9. The number of ketones is 2. The maximum Gasteiger partial charge on any atom is 0.399 e. The number of fused-ring (bicyclic) bond motifs is 2. The SMILES string of the molecule is NC(=O)CC[C@H](NC(=O)[C@@H]1Cc2cccc3c2N1C(=O)[C@@H](NC(=O)c1c[nH]c2cc(C(F)(F)P(=O)(O)O)ccc12)CC3)C(=O)C[C@H](C(=O)CCCCCCCCC#Cc1cccc2c1CN(C1CCC(=O)NC1=O)C2=O)c1ccccc1. The molecule has 1 aromatic heterocycles. The Labute approximate surface area is 470 Å². The maximum absolute atomic E-state index is 14.6. The number of nitrogens with zero attached hydrogens (tertiary/aromatic N) is 2. The van der Waals surface area contributed by atoms with Gasteiger partial charge in [-0.25, -0.2) is 0 Å². The molecule has 5 heterocycles. The first-order chi connectivity index (χ1) is 39.2. The molecule has 0 spiro atoms. The Bertz CT molecular complexity index is 3500. The van der Waals surface area contributed by atoms with Crippen LogP contribution in [0.1, 0.15) is 150 Å². The van der Waals surface area contributed by atoms with Crippen LogP contribution in [-0.2, 0) is 63.2 Å². The quantitative estimate of drug-likeness (QED) is 0.0162. The molecule has 82 heavy (non-hydrogen) atoms. The second-order valence-electron chi connectivity index (χ2n) is 21.3. The number of Topliss-reactive ketones (excluding diaryl/α,β-unsaturated/α-hetero) is 2. The first-order valence-corrected chi connectivity index (χ1v) is 29.1. The van der Waals surface area contributed by atoms with Crippen LogP contribution in [0.2, 0.25) is 0 Å². The number of carbonyl (C=O) groups excluding carboxylic acids is 9. The van der Waals surface area contributed by atoms with Gasteiger partial charge in [-0.1, -0.05) is 104 Å². The number of nitrogens with two attached hydrogens (primary N) is 1. The predicted octanol–water partition coefficient (Wildman–Crippen LogP) is 6.39. The van der Waals surface area contributed by atoms with Crippen LogP contribution in [0.25, 0.3) is 10.9 Å². The van der Waals surface area contributed by atoms with Crippen molar-refractivity contribution in [2.24, 2.45) is 5.73 Å². The first kappa shape index (κ1) is 58.5. The van der Waals surface area contributed by atoms with E-state index in [9.17, 15) is 66.3 Å². The fourth-order valence-corrected chi connectivity index (χ4v) is 11.9. The summed E-state index contributed by atoms with van der Waals surface area (Å²) in [5.74, 6) is 0.994. The number of rotatable bonds is 23. The average Bonchev–Trinajstić information content (AvgIpc) is 4.16. The number of aromatic nitrogens is 1. The molecule has 5 aromatic rings. The normalized spacial score (nSPS) is 18.4. The van der Waals surface area contributed by atoms with Crippen LogP contribution < -0.4 is 26.6 Å². The Morgan fingerprint density at radius 2 is 1.57 bits per heavy atom. The third-order valence-corrected chi connectivity index (χ3v) is 16.8. The summed E-state index contributed by atoms with van der Waals surface area (Å²) >= 11 is 0. The summed E-state index contributed by atoms with van der Waals surface area (Å²) in [5.41, 5.74) is 4.54. The van der Waals surface area contributed by atoms with Crippen molar-refractivity contribution in [3.8, 4) is 11.8 Å². The highest BCUT2D eigenvalue weighted by Crippen LogP contribution is 2.59. The molecular formula is C60H62F2N7O12P. The van der Waals surface area contributed by atoms with Crippen molar-refractivity contribution in [2.75, 3.05) is 4.90 Å². The number of unbranched alkanes of at least 4 members (excludes halogenated alkanes) is 6. The van der Waals surface area contributed by atoms with E-state index >= 15 is 0 Å². The van der Waals surface area contributed by atoms with Gasteiger partial charge in [0, 0.05) is 84.8 Å². The number of carbonyl (C=O) groups is 9. The fraction of sp³-hybridized carbons (Fsp3) is 0.383. The predicted molar refractivity (Wildman–Crippen MR) is 296 cm³/mol. The fourth-order valence-electron chi connectivity index (χ4n) is 11.4. The summed E-state index contributed by atoms with van der Waals surface area (Å²) in [5, 5.41) is 7.98. The van der Waals surface area contributed by atoms with E-state index in [0.717, 1.165) is 67.0 Å². The number of H-pyrrole nitrogens is 1. The van der Waals surface area contributed by atoms with Gasteiger partial charge in [-0.2, -0.15) is 8.78 Å². The van der Waals surface area contributed by atoms with Crippen LogP contribution >= 0.6 is 7.60 Å². The molecule has 5 atom stereocenters. The summed E-state index contributed by atoms with van der Waals surface area (Å²) < 4.78 is 40.6. The monoisotopic (exact) mass is 1140 g/mol. The zero-order valence-electron chi connectivity index (χ0n) is 44.7. The topological polar surface area (TPSA) is 296 Å². The Hall–Kier alpha value is -8.18. The molecule has 9 rings (SSSR count). The molecule has 7 amide bonds. The van der Waals surface area contributed by atoms with E-state index in [1.54, 1.807) is 60.7 Å². The van der Waals surface area contributed by atoms with Gasteiger partial charge >= 0.3 is 13.3 Å². The number of nitrogens with one attached hydrogen (secondary N) is 4. The van der Waals surface area contributed by atoms with Crippen molar-refractivity contribution in [2.45, 2.75) is 145 Å². The molecular weight excluding hydrogens is 1080 g/mol. The molecule has 428 valence electrons. The maximum atomic E-state index is 14.6. The van der Waals surface area contributed by atoms with Gasteiger partial charge in [-0.3, -0.25) is 57.9 Å². The number of halogens is 2. The number of alkyl halides is 2. The van der Waals surface area contributed by atoms with E-state index in [4.69, 9.17) is 5.73 Å². The van der Waals surface area contributed by atoms with E-state index in [1.807, 2.05) is 6.07 Å². The van der Waals surface area contributed by atoms with Crippen LogP contribution in [0.5, 0.6) is 0 Å². The molecule has 8 N–H and O–H groups in total. The highest BCUT2D eigenvalue weighted by Gasteiger charge is 2.51. The second kappa shape index (κ2) is 24.9. The molecule has 1 unspecified atom stereocenters. The van der Waals surface area contributed by atoms with Crippen molar-refractivity contribution < 1.29 is 66.3 Å². The van der Waals surface area contributed by atoms with Gasteiger partial charge in [0.1, 0.15) is 23.9 Å². The van der Waals surface area contributed by atoms with Crippen LogP contribution in [0.3, 0.4) is 0 Å². The lowest BCUT2D eigenvalue weighted by atomic mass is 9.85. The standard InChI is InChI=1S/C60H62F2N7O12P/c61-60(62,82(79,80)81)39-23-24-40-43(33-64-47(40)31-39)55(74)66-46-25-22-37-18-12-19-38-30-49(69(54(37)38)59(46)78)57(76)65-45(26-28-52(63)72)51(71)32-42(35-14-9-7-10-15-35)50(70)21-11-6-4-2-1-3-5-8-16-36-17-13-20-41-44(36)34-68(58(41)77)48-27-29-53(73)67-56(48)75/h7,9-10,12-15,17-20,23-24,31,33,42,45-46,48-49,64H,1-6,11,21-22,25-30,32,34H2,(H2,63,72)(H,65,76)(H,66,74)(H,67,73,75)(H2,79,80,81)/t42-,45-,46-,48?,49-/m0/s1. The van der Waals surface area contributed by atoms with Gasteiger partial charge in [-0.15, -0.1) is 0 Å². The lowest BCUT2D eigenvalue weighted by Gasteiger charge is -2.29. The van der Waals surface area contributed by atoms with Gasteiger partial charge in [0.2, 0.25) is 29.5 Å². The third kappa shape index (κ3) is 12.6. The van der Waals surface area contributed by atoms with Crippen molar-refractivity contribution in [3.63, 3.8) is 0 Å². The van der Waals surface area contributed by atoms with Gasteiger partial charge in [-0.05, 0) is 79.0 Å². The number of hydrogen-bond donors (Lipinski definition) is 7. The minimum absolute atomic E-state index is 0.0189. The van der Waals surface area contributed by atoms with Gasteiger partial charge in [0.15, 0.2) is 5.78 Å². The van der Waals surface area contributed by atoms with E-state index in [1.165, 1.54) is 16.0 Å². The molecule has 22 heteroatoms. The average molecular weight is 1140 g/mol. The summed E-state index contributed by atoms with van der Waals surface area (Å²) in [6.07, 6.45) is 7.09. The van der Waals surface area contributed by atoms with E-state index < -0.39 is 84.2 Å². The molecule has 1 saturated heterocycles. The number of piperidine rings is 1. The molecule has 4 aromatic carbocycles. The third-order valence-electron chi connectivity index (χ3n) is 15.8. The van der Waals surface area contributed by atoms with Crippen molar-refractivity contribution in [3.05, 3.63) is 136 Å². The van der Waals surface area contributed by atoms with E-state index in [-0.39, 0.29) is 92.0 Å². The summed E-state index contributed by atoms with van der Waals surface area (Å²) in [6.45, 7) is 0.247. The number of anilines is 1. The molecule has 0 bridgehead atoms. The highest BCUT2D eigenvalue weighted by atomic mass is 31.2. The first-order valence-electron chi connectivity index (χ1n) is 27.5. The number of aromatic amines is 1. The van der Waals surface area contributed by atoms with Crippen LogP contribution in [-0.4, -0.2) is 96.8 Å². The molecule has 4 aliphatic heterocycles. The smallest absolute Gasteiger partial charge is 0.370 e. The summed E-state index contributed by atoms with van der Waals surface area (Å²) in [7, 11) is -5.88. The number of hydrogen-bond acceptors (Lipinski definition) is 10. The Kier molecular flexibility index (Phi) is 17.8. The van der Waals surface area contributed by atoms with Gasteiger partial charge in [0.25, 0.3) is 11.8 Å². The minimum Gasteiger partial charge on any atom is -0.370 e. The van der Waals surface area contributed by atoms with E-state index in [2.05, 4.69) is 32.8 Å². The van der Waals surface area contributed by atoms with Crippen LogP contribution in [0, 0.1) is 11.8 Å². The van der Waals surface area contributed by atoms with Crippen LogP contribution in [0.4, 0.5) is 14.5 Å². The number of aryl methyl sites for hydroxylation is 1. The number of amides is 7. The molecule has 0 radical (unpaired) electrons. The molecule has 19 nitrogen and oxygen atoms in total. The lowest BCUT2D eigenvalue weighted by Crippen LogP contribution is -2.56. The van der Waals surface area contributed by atoms with Crippen molar-refractivity contribution in [1.82, 2.24) is 25.8 Å². The number of para-hydroxylation sites is 1. The zero-order chi connectivity index (χ0) is 58.5. The summed E-state index contributed by atoms with van der Waals surface area (Å²) in [4.78, 5) is 145. The van der Waals surface area contributed by atoms with Gasteiger partial charge in [0.05, 0.1) is 17.3 Å². The van der Waals surface area contributed by atoms with Crippen LogP contribution in [0.15, 0.2) is 91.1 Å². The summed E-state index contributed by atoms with van der Waals surface area (Å²) in [6, 6.07) is 17.9. The number of primary amides is 1.